The van der Waals surface area contributed by atoms with E-state index >= 15 is 0 Å². The lowest BCUT2D eigenvalue weighted by atomic mass is 9.96. The molecule has 8 aliphatic rings. The van der Waals surface area contributed by atoms with E-state index in [-0.39, 0.29) is 42.4 Å². The smallest absolute Gasteiger partial charge is 0.164 e. The molecule has 0 radical (unpaired) electrons. The third kappa shape index (κ3) is 11.9. The summed E-state index contributed by atoms with van der Waals surface area (Å²) < 4.78 is 33.1. The first-order valence-corrected chi connectivity index (χ1v) is 46.4. The van der Waals surface area contributed by atoms with Gasteiger partial charge in [-0.3, -0.25) is 19.2 Å². The minimum atomic E-state index is -1.36. The summed E-state index contributed by atoms with van der Waals surface area (Å²) in [7, 11) is 0. The van der Waals surface area contributed by atoms with Gasteiger partial charge in [0.05, 0.1) is 109 Å². The van der Waals surface area contributed by atoms with Gasteiger partial charge in [0.1, 0.15) is 55.3 Å². The van der Waals surface area contributed by atoms with Crippen molar-refractivity contribution in [2.24, 2.45) is 0 Å². The minimum Gasteiger partial charge on any atom is -0.390 e. The van der Waals surface area contributed by atoms with Crippen LogP contribution in [0.1, 0.15) is 161 Å². The van der Waals surface area contributed by atoms with Crippen molar-refractivity contribution in [3.63, 3.8) is 0 Å². The van der Waals surface area contributed by atoms with Crippen molar-refractivity contribution >= 4 is 198 Å². The number of aliphatic hydroxyl groups is 9. The predicted molar refractivity (Wildman–Crippen MR) is 512 cm³/mol. The Balaban J connectivity index is 0.0000000950. The highest BCUT2D eigenvalue weighted by atomic mass is 16.6. The number of ketones is 4. The number of fused-ring (bicyclic) bond motifs is 40. The van der Waals surface area contributed by atoms with E-state index in [9.17, 15) is 65.1 Å². The monoisotopic (exact) mass is 1780 g/mol. The van der Waals surface area contributed by atoms with E-state index in [0.29, 0.717) is 32.1 Å². The van der Waals surface area contributed by atoms with Crippen LogP contribution < -0.4 is 0 Å². The van der Waals surface area contributed by atoms with Crippen molar-refractivity contribution < 1.29 is 84.1 Å². The molecule has 25 heteroatoms. The number of Topliss-reactive ketones (excluding diaryl/α,β-unsaturated/α-hetero) is 4. The molecule has 8 aromatic heterocycles. The highest BCUT2D eigenvalue weighted by Crippen LogP contribution is 2.54. The van der Waals surface area contributed by atoms with Gasteiger partial charge in [0.2, 0.25) is 0 Å². The van der Waals surface area contributed by atoms with Gasteiger partial charge >= 0.3 is 0 Å². The lowest BCUT2D eigenvalue weighted by Crippen LogP contribution is -2.54. The number of benzene rings is 12. The number of aromatic nitrogens is 8. The lowest BCUT2D eigenvalue weighted by molar-refractivity contribution is -0.238. The molecule has 0 bridgehead atoms. The fraction of sp³-hybridized carbons (Fsp3) is 0.296. The molecular weight excluding hydrogens is 1680 g/mol. The maximum Gasteiger partial charge on any atom is 0.164 e. The van der Waals surface area contributed by atoms with Crippen LogP contribution in [0, 0.1) is 0 Å². The number of rotatable bonds is 4. The van der Waals surface area contributed by atoms with Gasteiger partial charge in [-0.15, -0.1) is 0 Å². The Morgan fingerprint density at radius 3 is 0.759 bits per heavy atom. The van der Waals surface area contributed by atoms with E-state index in [2.05, 4.69) is 94.3 Å². The average Bonchev–Trinajstić information content (AvgIpc) is 1.54. The first-order chi connectivity index (χ1) is 64.6. The number of nitrogens with zero attached hydrogens (tertiary/aromatic N) is 4. The highest BCUT2D eigenvalue weighted by molar-refractivity contribution is 6.35. The number of carbonyl (C=O) groups is 4. The van der Waals surface area contributed by atoms with Crippen molar-refractivity contribution in [2.45, 2.75) is 203 Å². The molecule has 12 aromatic carbocycles. The lowest BCUT2D eigenvalue weighted by Gasteiger charge is -2.40. The molecule has 12 heterocycles. The number of para-hydroxylation sites is 8. The average molecular weight is 1780 g/mol. The molecule has 0 amide bonds. The Kier molecular flexibility index (Phi) is 18.9. The van der Waals surface area contributed by atoms with Crippen LogP contribution >= 0.6 is 0 Å². The first kappa shape index (κ1) is 82.1. The van der Waals surface area contributed by atoms with Crippen LogP contribution in [-0.4, -0.2) is 187 Å². The molecule has 20 aromatic rings. The van der Waals surface area contributed by atoms with Crippen LogP contribution in [0.15, 0.2) is 194 Å². The number of aliphatic hydroxyl groups excluding tert-OH is 9. The van der Waals surface area contributed by atoms with Gasteiger partial charge < -0.3 is 103 Å². The normalized spacial score (nSPS) is 26.1. The zero-order valence-electron chi connectivity index (χ0n) is 73.1. The maximum atomic E-state index is 13.2. The van der Waals surface area contributed by atoms with Gasteiger partial charge in [-0.05, 0) is 124 Å². The molecule has 670 valence electrons. The zero-order chi connectivity index (χ0) is 90.6. The summed E-state index contributed by atoms with van der Waals surface area (Å²) in [6.07, 6.45) is -8.16. The van der Waals surface area contributed by atoms with E-state index in [1.807, 2.05) is 138 Å². The molecule has 17 atom stereocenters. The van der Waals surface area contributed by atoms with E-state index in [1.54, 1.807) is 27.7 Å². The van der Waals surface area contributed by atoms with Crippen LogP contribution in [-0.2, 0) is 44.6 Å². The molecule has 13 N–H and O–H groups in total. The summed E-state index contributed by atoms with van der Waals surface area (Å²) in [5.41, 5.74) is 22.8. The molecule has 0 saturated carbocycles. The van der Waals surface area contributed by atoms with E-state index in [4.69, 9.17) is 18.9 Å². The van der Waals surface area contributed by atoms with E-state index in [1.165, 1.54) is 0 Å². The zero-order valence-corrected chi connectivity index (χ0v) is 73.1. The van der Waals surface area contributed by atoms with Gasteiger partial charge in [0.15, 0.2) is 29.4 Å². The van der Waals surface area contributed by atoms with Gasteiger partial charge in [-0.25, -0.2) is 0 Å². The highest BCUT2D eigenvalue weighted by Gasteiger charge is 2.47. The molecule has 4 fully saturated rings. The van der Waals surface area contributed by atoms with E-state index < -0.39 is 104 Å². The molecular formula is C108H96N8O17. The second-order valence-electron chi connectivity index (χ2n) is 37.7. The molecule has 0 unspecified atom stereocenters. The van der Waals surface area contributed by atoms with Gasteiger partial charge in [0, 0.05) is 175 Å². The molecule has 0 spiro atoms. The topological polar surface area (TPSA) is 370 Å². The number of ether oxygens (including phenoxy) is 4. The predicted octanol–water partition coefficient (Wildman–Crippen LogP) is 17.3. The van der Waals surface area contributed by atoms with E-state index in [0.717, 1.165) is 238 Å². The quantitative estimate of drug-likeness (QED) is 0.0778. The Morgan fingerprint density at radius 1 is 0.256 bits per heavy atom. The van der Waals surface area contributed by atoms with Crippen LogP contribution in [0.25, 0.3) is 174 Å². The fourth-order valence-corrected chi connectivity index (χ4v) is 24.4. The molecule has 4 aliphatic carbocycles. The van der Waals surface area contributed by atoms with Crippen molar-refractivity contribution in [1.29, 1.82) is 0 Å². The standard InChI is InChI=1S/C27H24N2O5.3C27H24N2O4/c1-12-24(31)25(32)26(33)27(34-12)29-17-9-5-3-7-14(17)21-20-15(10-11-18(20)30)19-13-6-2-4-8-16(13)28-22(19)23(21)29;3*1-13-27(32)20(31)12-21(33-13)29-18-9-5-3-7-15(18)24-23-16(10-11-19(23)30)22-14-6-2-4-8-17(14)28-25(22)26(24)29/h2-9,12,24-28,31-33H,10-11H2,1H3;3*2-9,13,20-21,27-28,31-32H,10-12H2,1H3/t12-,24-,25+,26+,27+;13-,20+,21+,27-;13-,20-,21+,27-;13-,20-,21-,27-/m0001/s1. The molecule has 4 saturated heterocycles. The maximum absolute atomic E-state index is 13.2. The Hall–Kier alpha value is -12.8. The summed E-state index contributed by atoms with van der Waals surface area (Å²) in [6.45, 7) is 7.04. The second-order valence-corrected chi connectivity index (χ2v) is 37.7. The van der Waals surface area contributed by atoms with Gasteiger partial charge in [-0.2, -0.15) is 0 Å². The molecule has 133 heavy (non-hydrogen) atoms. The van der Waals surface area contributed by atoms with Crippen LogP contribution in [0.3, 0.4) is 0 Å². The van der Waals surface area contributed by atoms with Crippen molar-refractivity contribution in [2.75, 3.05) is 0 Å². The van der Waals surface area contributed by atoms with Crippen molar-refractivity contribution in [1.82, 2.24) is 38.2 Å². The van der Waals surface area contributed by atoms with Crippen molar-refractivity contribution in [3.05, 3.63) is 239 Å². The SMILES string of the molecule is C[C@@H]1O[C@@H](n2c3ccccc3c3c4c(c5c6ccccc6[nH]c5c32)CCC4=O)C[C@@H](O)[C@H]1O.C[C@@H]1O[C@@H](n2c3ccccc3c3c4c(c5c6ccccc6[nH]c5c32)CCC4=O)C[C@H](O)[C@H]1O.C[C@@H]1O[C@@H](n2c3ccccc3c3c4c(c5c6ccccc6[nH]c5c32)CCC4=O)[C@H](O)[C@H](O)[C@H]1O.C[C@H]1O[C@@H](n2c3ccccc3c3c4c(c5c6ccccc6[nH]c5c32)CCC4=O)C[C@@H](O)[C@@H]1O. The number of carbonyl (C=O) groups excluding carboxylic acids is 4. The number of H-pyrrole nitrogens is 4. The summed E-state index contributed by atoms with van der Waals surface area (Å²) in [6, 6.07) is 64.7. The van der Waals surface area contributed by atoms with Gasteiger partial charge in [-0.1, -0.05) is 146 Å². The number of nitrogens with one attached hydrogen (secondary N) is 4. The number of aryl methyl sites for hydroxylation is 4. The summed E-state index contributed by atoms with van der Waals surface area (Å²) in [4.78, 5) is 67.4. The van der Waals surface area contributed by atoms with Crippen LogP contribution in [0.2, 0.25) is 0 Å². The third-order valence-electron chi connectivity index (χ3n) is 30.4. The van der Waals surface area contributed by atoms with Gasteiger partial charge in [0.25, 0.3) is 0 Å². The Bertz CT molecular complexity index is 7810. The molecule has 4 aliphatic heterocycles. The second kappa shape index (κ2) is 30.6. The van der Waals surface area contributed by atoms with Crippen molar-refractivity contribution in [3.8, 4) is 0 Å². The fourth-order valence-electron chi connectivity index (χ4n) is 24.4. The summed E-state index contributed by atoms with van der Waals surface area (Å²) in [5.74, 6) is 0.652. The largest absolute Gasteiger partial charge is 0.390 e. The third-order valence-corrected chi connectivity index (χ3v) is 30.4. The number of aromatic amines is 4. The Labute approximate surface area is 756 Å². The van der Waals surface area contributed by atoms with Crippen LogP contribution in [0.5, 0.6) is 0 Å². The summed E-state index contributed by atoms with van der Waals surface area (Å²) >= 11 is 0. The molecule has 28 rings (SSSR count). The molecule has 25 nitrogen and oxygen atoms in total. The number of hydrogen-bond donors (Lipinski definition) is 13. The minimum absolute atomic E-state index is 0.115. The number of hydrogen-bond acceptors (Lipinski definition) is 17. The summed E-state index contributed by atoms with van der Waals surface area (Å²) in [5, 5.41) is 111. The first-order valence-electron chi connectivity index (χ1n) is 46.4. The van der Waals surface area contributed by atoms with Crippen LogP contribution in [0.4, 0.5) is 0 Å². The Morgan fingerprint density at radius 2 is 0.489 bits per heavy atom.